The lowest BCUT2D eigenvalue weighted by atomic mass is 10.2. The van der Waals surface area contributed by atoms with Gasteiger partial charge >= 0.3 is 0 Å². The molecule has 0 aliphatic heterocycles. The average Bonchev–Trinajstić information content (AvgIpc) is 2.84. The fraction of sp³-hybridized carbons (Fsp3) is 0.231. The highest BCUT2D eigenvalue weighted by Gasteiger charge is 2.02. The van der Waals surface area contributed by atoms with Crippen LogP contribution >= 0.6 is 11.3 Å². The SMILES string of the molecule is CNCc1nnc(OC/C=C/c2ccccc2)s1. The van der Waals surface area contributed by atoms with Crippen LogP contribution in [-0.2, 0) is 6.54 Å². The van der Waals surface area contributed by atoms with Gasteiger partial charge in [-0.05, 0) is 18.7 Å². The van der Waals surface area contributed by atoms with Gasteiger partial charge in [-0.3, -0.25) is 0 Å². The third-order valence-corrected chi connectivity index (χ3v) is 3.02. The summed E-state index contributed by atoms with van der Waals surface area (Å²) in [5.41, 5.74) is 1.16. The van der Waals surface area contributed by atoms with E-state index in [9.17, 15) is 0 Å². The molecule has 1 N–H and O–H groups in total. The molecule has 5 heteroatoms. The number of aromatic nitrogens is 2. The summed E-state index contributed by atoms with van der Waals surface area (Å²) in [6.45, 7) is 1.23. The van der Waals surface area contributed by atoms with Crippen molar-refractivity contribution in [1.82, 2.24) is 15.5 Å². The Kier molecular flexibility index (Phi) is 4.87. The number of ether oxygens (including phenoxy) is 1. The van der Waals surface area contributed by atoms with Gasteiger partial charge in [0, 0.05) is 6.54 Å². The molecule has 2 rings (SSSR count). The maximum Gasteiger partial charge on any atom is 0.294 e. The van der Waals surface area contributed by atoms with Crippen molar-refractivity contribution in [2.45, 2.75) is 6.54 Å². The Bertz CT molecular complexity index is 496. The molecule has 0 saturated carbocycles. The van der Waals surface area contributed by atoms with E-state index in [1.165, 1.54) is 11.3 Å². The number of nitrogens with zero attached hydrogens (tertiary/aromatic N) is 2. The summed E-state index contributed by atoms with van der Waals surface area (Å²) in [5.74, 6) is 0. The Morgan fingerprint density at radius 3 is 2.89 bits per heavy atom. The standard InChI is InChI=1S/C13H15N3OS/c1-14-10-12-15-16-13(18-12)17-9-5-8-11-6-3-2-4-7-11/h2-8,14H,9-10H2,1H3/b8-5+. The predicted octanol–water partition coefficient (Wildman–Crippen LogP) is 2.35. The van der Waals surface area contributed by atoms with Gasteiger partial charge in [0.1, 0.15) is 11.6 Å². The minimum Gasteiger partial charge on any atom is -0.465 e. The number of hydrogen-bond acceptors (Lipinski definition) is 5. The largest absolute Gasteiger partial charge is 0.465 e. The van der Waals surface area contributed by atoms with Gasteiger partial charge in [0.05, 0.1) is 0 Å². The molecule has 4 nitrogen and oxygen atoms in total. The van der Waals surface area contributed by atoms with E-state index >= 15 is 0 Å². The van der Waals surface area contributed by atoms with Gasteiger partial charge in [-0.1, -0.05) is 52.8 Å². The third kappa shape index (κ3) is 3.94. The topological polar surface area (TPSA) is 47.0 Å². The van der Waals surface area contributed by atoms with Gasteiger partial charge in [0.25, 0.3) is 5.19 Å². The van der Waals surface area contributed by atoms with E-state index < -0.39 is 0 Å². The first-order valence-corrected chi connectivity index (χ1v) is 6.51. The second-order valence-corrected chi connectivity index (χ2v) is 4.64. The molecule has 0 fully saturated rings. The fourth-order valence-corrected chi connectivity index (χ4v) is 2.10. The summed E-state index contributed by atoms with van der Waals surface area (Å²) in [5, 5.41) is 12.5. The van der Waals surface area contributed by atoms with E-state index in [1.54, 1.807) is 0 Å². The predicted molar refractivity (Wildman–Crippen MR) is 73.6 cm³/mol. The molecule has 18 heavy (non-hydrogen) atoms. The number of benzene rings is 1. The van der Waals surface area contributed by atoms with Gasteiger partial charge in [-0.2, -0.15) is 0 Å². The molecule has 0 bridgehead atoms. The van der Waals surface area contributed by atoms with E-state index in [-0.39, 0.29) is 0 Å². The zero-order chi connectivity index (χ0) is 12.6. The Labute approximate surface area is 110 Å². The minimum atomic E-state index is 0.503. The highest BCUT2D eigenvalue weighted by Crippen LogP contribution is 2.17. The van der Waals surface area contributed by atoms with E-state index in [1.807, 2.05) is 49.5 Å². The molecule has 0 aliphatic carbocycles. The van der Waals surface area contributed by atoms with Crippen LogP contribution in [-0.4, -0.2) is 23.9 Å². The van der Waals surface area contributed by atoms with Gasteiger partial charge in [-0.25, -0.2) is 0 Å². The molecule has 0 unspecified atom stereocenters. The molecule has 0 saturated heterocycles. The van der Waals surface area contributed by atoms with Crippen LogP contribution in [0.5, 0.6) is 5.19 Å². The second-order valence-electron chi connectivity index (χ2n) is 3.62. The highest BCUT2D eigenvalue weighted by molar-refractivity contribution is 7.13. The molecule has 1 aromatic heterocycles. The second kappa shape index (κ2) is 6.88. The Morgan fingerprint density at radius 1 is 1.28 bits per heavy atom. The molecule has 0 amide bonds. The molecule has 2 aromatic rings. The smallest absolute Gasteiger partial charge is 0.294 e. The first-order chi connectivity index (χ1) is 8.88. The van der Waals surface area contributed by atoms with Crippen molar-refractivity contribution in [2.24, 2.45) is 0 Å². The summed E-state index contributed by atoms with van der Waals surface area (Å²) in [4.78, 5) is 0. The van der Waals surface area contributed by atoms with Gasteiger partial charge in [-0.15, -0.1) is 5.10 Å². The lowest BCUT2D eigenvalue weighted by molar-refractivity contribution is 0.358. The fourth-order valence-electron chi connectivity index (χ4n) is 1.39. The van der Waals surface area contributed by atoms with Crippen LogP contribution in [0.25, 0.3) is 6.08 Å². The summed E-state index contributed by atoms with van der Waals surface area (Å²) in [7, 11) is 1.88. The van der Waals surface area contributed by atoms with Crippen LogP contribution in [0.3, 0.4) is 0 Å². The zero-order valence-corrected chi connectivity index (χ0v) is 11.0. The molecule has 1 heterocycles. The zero-order valence-electron chi connectivity index (χ0n) is 10.2. The summed E-state index contributed by atoms with van der Waals surface area (Å²) in [6, 6.07) is 10.1. The van der Waals surface area contributed by atoms with Crippen molar-refractivity contribution in [3.8, 4) is 5.19 Å². The van der Waals surface area contributed by atoms with Crippen molar-refractivity contribution in [1.29, 1.82) is 0 Å². The highest BCUT2D eigenvalue weighted by atomic mass is 32.1. The normalized spacial score (nSPS) is 10.9. The van der Waals surface area contributed by atoms with Crippen LogP contribution in [0.4, 0.5) is 0 Å². The van der Waals surface area contributed by atoms with E-state index in [0.29, 0.717) is 11.8 Å². The van der Waals surface area contributed by atoms with Crippen molar-refractivity contribution < 1.29 is 4.74 Å². The van der Waals surface area contributed by atoms with Gasteiger partial charge in [0.2, 0.25) is 0 Å². The van der Waals surface area contributed by atoms with Crippen molar-refractivity contribution in [3.05, 3.63) is 47.0 Å². The Morgan fingerprint density at radius 2 is 2.11 bits per heavy atom. The molecule has 0 spiro atoms. The third-order valence-electron chi connectivity index (χ3n) is 2.19. The minimum absolute atomic E-state index is 0.503. The summed E-state index contributed by atoms with van der Waals surface area (Å²) in [6.07, 6.45) is 3.99. The first-order valence-electron chi connectivity index (χ1n) is 5.70. The number of nitrogens with one attached hydrogen (secondary N) is 1. The van der Waals surface area contributed by atoms with E-state index in [2.05, 4.69) is 15.5 Å². The van der Waals surface area contributed by atoms with Crippen LogP contribution in [0.1, 0.15) is 10.6 Å². The lowest BCUT2D eigenvalue weighted by Crippen LogP contribution is -2.04. The van der Waals surface area contributed by atoms with Crippen molar-refractivity contribution in [3.63, 3.8) is 0 Å². The van der Waals surface area contributed by atoms with Gasteiger partial charge < -0.3 is 10.1 Å². The van der Waals surface area contributed by atoms with Gasteiger partial charge in [0.15, 0.2) is 0 Å². The quantitative estimate of drug-likeness (QED) is 0.867. The summed E-state index contributed by atoms with van der Waals surface area (Å²) >= 11 is 1.46. The van der Waals surface area contributed by atoms with Crippen LogP contribution < -0.4 is 10.1 Å². The van der Waals surface area contributed by atoms with Crippen LogP contribution in [0.15, 0.2) is 36.4 Å². The van der Waals surface area contributed by atoms with Crippen LogP contribution in [0, 0.1) is 0 Å². The summed E-state index contributed by atoms with van der Waals surface area (Å²) < 4.78 is 5.49. The average molecular weight is 261 g/mol. The maximum absolute atomic E-state index is 5.49. The molecule has 94 valence electrons. The monoisotopic (exact) mass is 261 g/mol. The molecular formula is C13H15N3OS. The number of rotatable bonds is 6. The molecule has 1 aromatic carbocycles. The molecule has 0 aliphatic rings. The Hall–Kier alpha value is -1.72. The molecule has 0 atom stereocenters. The molecule has 0 radical (unpaired) electrons. The lowest BCUT2D eigenvalue weighted by Gasteiger charge is -1.95. The Balaban J connectivity index is 1.79. The maximum atomic E-state index is 5.49. The van der Waals surface area contributed by atoms with E-state index in [4.69, 9.17) is 4.74 Å². The van der Waals surface area contributed by atoms with Crippen molar-refractivity contribution in [2.75, 3.05) is 13.7 Å². The molecular weight excluding hydrogens is 246 g/mol. The first kappa shape index (κ1) is 12.7. The van der Waals surface area contributed by atoms with Crippen LogP contribution in [0.2, 0.25) is 0 Å². The number of hydrogen-bond donors (Lipinski definition) is 1. The van der Waals surface area contributed by atoms with E-state index in [0.717, 1.165) is 17.1 Å². The van der Waals surface area contributed by atoms with Crippen molar-refractivity contribution >= 4 is 17.4 Å².